The van der Waals surface area contributed by atoms with Gasteiger partial charge in [0.1, 0.15) is 10.4 Å². The Bertz CT molecular complexity index is 571. The van der Waals surface area contributed by atoms with E-state index in [0.29, 0.717) is 4.60 Å². The van der Waals surface area contributed by atoms with E-state index in [4.69, 9.17) is 11.6 Å². The van der Waals surface area contributed by atoms with Crippen LogP contribution in [-0.4, -0.2) is 15.9 Å². The van der Waals surface area contributed by atoms with Crippen molar-refractivity contribution in [3.63, 3.8) is 0 Å². The molecule has 0 saturated carbocycles. The van der Waals surface area contributed by atoms with Gasteiger partial charge < -0.3 is 5.32 Å². The lowest BCUT2D eigenvalue weighted by Crippen LogP contribution is -2.15. The number of hydrogen-bond acceptors (Lipinski definition) is 3. The monoisotopic (exact) mass is 329 g/mol. The summed E-state index contributed by atoms with van der Waals surface area (Å²) in [6.07, 6.45) is 2.76. The number of amides is 1. The van der Waals surface area contributed by atoms with Crippen LogP contribution in [0.2, 0.25) is 5.02 Å². The summed E-state index contributed by atoms with van der Waals surface area (Å²) in [5, 5.41) is 2.45. The SMILES string of the molecule is O=C(Nc1cnc(Br)cn1)c1c(F)cccc1Cl. The van der Waals surface area contributed by atoms with Gasteiger partial charge in [0.05, 0.1) is 23.0 Å². The van der Waals surface area contributed by atoms with Crippen LogP contribution in [0.5, 0.6) is 0 Å². The minimum absolute atomic E-state index is 0.0394. The molecular weight excluding hydrogens is 324 g/mol. The van der Waals surface area contributed by atoms with E-state index >= 15 is 0 Å². The van der Waals surface area contributed by atoms with Crippen molar-refractivity contribution in [2.75, 3.05) is 5.32 Å². The quantitative estimate of drug-likeness (QED) is 0.919. The van der Waals surface area contributed by atoms with E-state index in [1.54, 1.807) is 0 Å². The number of aromatic nitrogens is 2. The van der Waals surface area contributed by atoms with Crippen molar-refractivity contribution < 1.29 is 9.18 Å². The Kier molecular flexibility index (Phi) is 3.88. The zero-order valence-corrected chi connectivity index (χ0v) is 11.2. The van der Waals surface area contributed by atoms with Crippen molar-refractivity contribution in [1.82, 2.24) is 9.97 Å². The van der Waals surface area contributed by atoms with Crippen LogP contribution >= 0.6 is 27.5 Å². The predicted octanol–water partition coefficient (Wildman–Crippen LogP) is 3.28. The Morgan fingerprint density at radius 1 is 1.33 bits per heavy atom. The van der Waals surface area contributed by atoms with Gasteiger partial charge in [-0.05, 0) is 28.1 Å². The number of rotatable bonds is 2. The average Bonchev–Trinajstić information content (AvgIpc) is 2.32. The zero-order valence-electron chi connectivity index (χ0n) is 8.82. The number of anilines is 1. The highest BCUT2D eigenvalue weighted by atomic mass is 79.9. The van der Waals surface area contributed by atoms with Crippen molar-refractivity contribution in [2.45, 2.75) is 0 Å². The van der Waals surface area contributed by atoms with Crippen molar-refractivity contribution in [1.29, 1.82) is 0 Å². The maximum absolute atomic E-state index is 13.5. The first-order valence-corrected chi connectivity index (χ1v) is 5.98. The number of carbonyl (C=O) groups is 1. The minimum atomic E-state index is -0.690. The lowest BCUT2D eigenvalue weighted by molar-refractivity contribution is 0.102. The highest BCUT2D eigenvalue weighted by molar-refractivity contribution is 9.10. The molecule has 1 N–H and O–H groups in total. The number of hydrogen-bond donors (Lipinski definition) is 1. The number of carbonyl (C=O) groups excluding carboxylic acids is 1. The Morgan fingerprint density at radius 2 is 2.11 bits per heavy atom. The molecule has 4 nitrogen and oxygen atoms in total. The van der Waals surface area contributed by atoms with Crippen LogP contribution in [0.25, 0.3) is 0 Å². The van der Waals surface area contributed by atoms with Gasteiger partial charge in [-0.3, -0.25) is 4.79 Å². The summed E-state index contributed by atoms with van der Waals surface area (Å²) >= 11 is 8.88. The standard InChI is InChI=1S/C11H6BrClFN3O/c12-8-4-16-9(5-15-8)17-11(18)10-6(13)2-1-3-7(10)14/h1-5H,(H,16,17,18). The normalized spacial score (nSPS) is 10.2. The van der Waals surface area contributed by atoms with E-state index in [2.05, 4.69) is 31.2 Å². The van der Waals surface area contributed by atoms with Gasteiger partial charge in [0, 0.05) is 0 Å². The van der Waals surface area contributed by atoms with Gasteiger partial charge in [-0.25, -0.2) is 14.4 Å². The fourth-order valence-electron chi connectivity index (χ4n) is 1.27. The van der Waals surface area contributed by atoms with E-state index in [1.165, 1.54) is 24.5 Å². The van der Waals surface area contributed by atoms with E-state index < -0.39 is 11.7 Å². The van der Waals surface area contributed by atoms with Crippen LogP contribution in [0, 0.1) is 5.82 Å². The fourth-order valence-corrected chi connectivity index (χ4v) is 1.72. The number of benzene rings is 1. The predicted molar refractivity (Wildman–Crippen MR) is 69.1 cm³/mol. The molecule has 92 valence electrons. The lowest BCUT2D eigenvalue weighted by atomic mass is 10.2. The molecule has 18 heavy (non-hydrogen) atoms. The van der Waals surface area contributed by atoms with Gasteiger partial charge >= 0.3 is 0 Å². The molecule has 2 rings (SSSR count). The molecule has 0 spiro atoms. The maximum atomic E-state index is 13.5. The van der Waals surface area contributed by atoms with Gasteiger partial charge in [0.25, 0.3) is 5.91 Å². The van der Waals surface area contributed by atoms with E-state index in [9.17, 15) is 9.18 Å². The average molecular weight is 331 g/mol. The topological polar surface area (TPSA) is 54.9 Å². The van der Waals surface area contributed by atoms with Crippen LogP contribution in [-0.2, 0) is 0 Å². The Hall–Kier alpha value is -1.53. The molecule has 0 saturated heterocycles. The second-order valence-electron chi connectivity index (χ2n) is 3.28. The van der Waals surface area contributed by atoms with Crippen molar-refractivity contribution in [3.05, 3.63) is 51.6 Å². The lowest BCUT2D eigenvalue weighted by Gasteiger charge is -2.06. The molecule has 0 fully saturated rings. The van der Waals surface area contributed by atoms with Gasteiger partial charge in [-0.1, -0.05) is 17.7 Å². The Morgan fingerprint density at radius 3 is 2.72 bits per heavy atom. The highest BCUT2D eigenvalue weighted by Crippen LogP contribution is 2.20. The summed E-state index contributed by atoms with van der Waals surface area (Å²) in [4.78, 5) is 19.6. The van der Waals surface area contributed by atoms with E-state index in [-0.39, 0.29) is 16.4 Å². The summed E-state index contributed by atoms with van der Waals surface area (Å²) < 4.78 is 14.0. The molecule has 0 unspecified atom stereocenters. The van der Waals surface area contributed by atoms with E-state index in [1.807, 2.05) is 0 Å². The Labute approximate surface area is 115 Å². The maximum Gasteiger partial charge on any atom is 0.261 e. The smallest absolute Gasteiger partial charge is 0.261 e. The van der Waals surface area contributed by atoms with Crippen LogP contribution < -0.4 is 5.32 Å². The second-order valence-corrected chi connectivity index (χ2v) is 4.49. The highest BCUT2D eigenvalue weighted by Gasteiger charge is 2.16. The third kappa shape index (κ3) is 2.83. The largest absolute Gasteiger partial charge is 0.305 e. The van der Waals surface area contributed by atoms with Crippen LogP contribution in [0.1, 0.15) is 10.4 Å². The van der Waals surface area contributed by atoms with Gasteiger partial charge in [0.2, 0.25) is 0 Å². The number of halogens is 3. The molecule has 1 heterocycles. The van der Waals surface area contributed by atoms with Crippen molar-refractivity contribution >= 4 is 39.3 Å². The number of nitrogens with zero attached hydrogens (tertiary/aromatic N) is 2. The molecule has 0 radical (unpaired) electrons. The third-order valence-electron chi connectivity index (χ3n) is 2.05. The Balaban J connectivity index is 2.25. The second kappa shape index (κ2) is 5.41. The molecule has 0 bridgehead atoms. The molecular formula is C11H6BrClFN3O. The molecule has 0 aliphatic heterocycles. The van der Waals surface area contributed by atoms with Crippen LogP contribution in [0.3, 0.4) is 0 Å². The van der Waals surface area contributed by atoms with Crippen molar-refractivity contribution in [2.24, 2.45) is 0 Å². The molecule has 0 aliphatic rings. The summed E-state index contributed by atoms with van der Waals surface area (Å²) in [7, 11) is 0. The fraction of sp³-hybridized carbons (Fsp3) is 0. The first-order chi connectivity index (χ1) is 8.58. The molecule has 1 amide bonds. The summed E-state index contributed by atoms with van der Waals surface area (Å²) in [5.74, 6) is -1.15. The first-order valence-electron chi connectivity index (χ1n) is 4.81. The van der Waals surface area contributed by atoms with Crippen molar-refractivity contribution in [3.8, 4) is 0 Å². The van der Waals surface area contributed by atoms with Crippen LogP contribution in [0.4, 0.5) is 10.2 Å². The first kappa shape index (κ1) is 12.9. The van der Waals surface area contributed by atoms with E-state index in [0.717, 1.165) is 6.07 Å². The number of nitrogens with one attached hydrogen (secondary N) is 1. The minimum Gasteiger partial charge on any atom is -0.305 e. The molecule has 0 atom stereocenters. The van der Waals surface area contributed by atoms with Crippen LogP contribution in [0.15, 0.2) is 35.2 Å². The van der Waals surface area contributed by atoms with Gasteiger partial charge in [-0.15, -0.1) is 0 Å². The molecule has 2 aromatic rings. The zero-order chi connectivity index (χ0) is 13.1. The molecule has 1 aromatic heterocycles. The summed E-state index contributed by atoms with van der Waals surface area (Å²) in [6, 6.07) is 4.02. The summed E-state index contributed by atoms with van der Waals surface area (Å²) in [6.45, 7) is 0. The molecule has 7 heteroatoms. The summed E-state index contributed by atoms with van der Waals surface area (Å²) in [5.41, 5.74) is -0.219. The van der Waals surface area contributed by atoms with Gasteiger partial charge in [0.15, 0.2) is 5.82 Å². The van der Waals surface area contributed by atoms with Gasteiger partial charge in [-0.2, -0.15) is 0 Å². The molecule has 1 aromatic carbocycles. The molecule has 0 aliphatic carbocycles. The third-order valence-corrected chi connectivity index (χ3v) is 2.78.